The zero-order chi connectivity index (χ0) is 102. The number of nitrogens with two attached hydrogens (primary N) is 4. The first-order valence-electron chi connectivity index (χ1n) is 48.3. The lowest BCUT2D eigenvalue weighted by molar-refractivity contribution is -0.148. The fourth-order valence-corrected chi connectivity index (χ4v) is 20.0. The van der Waals surface area contributed by atoms with Crippen molar-refractivity contribution < 1.29 is 101 Å². The van der Waals surface area contributed by atoms with Crippen LogP contribution in [-0.2, 0) is 97.5 Å². The summed E-state index contributed by atoms with van der Waals surface area (Å²) in [6.45, 7) is 11.1. The number of aliphatic hydroxyl groups excluding tert-OH is 1. The van der Waals surface area contributed by atoms with Gasteiger partial charge in [-0.15, -0.1) is 0 Å². The molecule has 5 fully saturated rings. The van der Waals surface area contributed by atoms with Crippen molar-refractivity contribution >= 4 is 152 Å². The number of hydrogen-bond acceptors (Lipinski definition) is 26. The summed E-state index contributed by atoms with van der Waals surface area (Å²) in [6, 6.07) is -15.5. The van der Waals surface area contributed by atoms with Gasteiger partial charge in [-0.05, 0) is 184 Å². The number of carbonyl (C=O) groups excluding carboxylic acids is 18. The molecule has 0 spiro atoms. The molecule has 0 aliphatic carbocycles. The number of primary amides is 1. The van der Waals surface area contributed by atoms with Gasteiger partial charge < -0.3 is 127 Å². The largest absolute Gasteiger partial charge is 0.481 e. The molecule has 1 aromatic rings. The molecular formula is C91H149N23O21S3. The van der Waals surface area contributed by atoms with Crippen LogP contribution in [0.3, 0.4) is 0 Å². The average Bonchev–Trinajstić information content (AvgIpc) is 1.67. The molecule has 138 heavy (non-hydrogen) atoms. The number of amides is 18. The van der Waals surface area contributed by atoms with Crippen molar-refractivity contribution in [2.75, 3.05) is 75.9 Å². The van der Waals surface area contributed by atoms with E-state index in [-0.39, 0.29) is 172 Å². The van der Waals surface area contributed by atoms with Crippen LogP contribution in [0.4, 0.5) is 0 Å². The lowest BCUT2D eigenvalue weighted by atomic mass is 10.0. The summed E-state index contributed by atoms with van der Waals surface area (Å²) in [5.41, 5.74) is 23.7. The number of hydrogen-bond donors (Lipinski definition) is 21. The van der Waals surface area contributed by atoms with Crippen molar-refractivity contribution in [3.8, 4) is 0 Å². The summed E-state index contributed by atoms with van der Waals surface area (Å²) in [7, 11) is 1.97. The molecule has 0 bridgehead atoms. The quantitative estimate of drug-likeness (QED) is 0.0141. The van der Waals surface area contributed by atoms with E-state index >= 15 is 43.2 Å². The average molecular weight is 2000 g/mol. The molecule has 5 heterocycles. The number of thioether (sulfide) groups is 1. The zero-order valence-electron chi connectivity index (χ0n) is 80.7. The van der Waals surface area contributed by atoms with Gasteiger partial charge in [0.15, 0.2) is 5.96 Å². The van der Waals surface area contributed by atoms with Gasteiger partial charge in [-0.1, -0.05) is 112 Å². The predicted octanol–water partition coefficient (Wildman–Crippen LogP) is -2.39. The van der Waals surface area contributed by atoms with Gasteiger partial charge in [-0.25, -0.2) is 0 Å². The maximum atomic E-state index is 15.6. The summed E-state index contributed by atoms with van der Waals surface area (Å²) in [4.78, 5) is 281. The minimum Gasteiger partial charge on any atom is -0.481 e. The number of benzene rings is 1. The fourth-order valence-electron chi connectivity index (χ4n) is 17.2. The number of fused-ring (bicyclic) bond motifs is 1. The molecule has 44 nitrogen and oxygen atoms in total. The van der Waals surface area contributed by atoms with Gasteiger partial charge in [0.2, 0.25) is 106 Å². The summed E-state index contributed by atoms with van der Waals surface area (Å²) < 4.78 is 0. The number of aliphatic carboxylic acids is 1. The molecule has 3 unspecified atom stereocenters. The molecule has 5 aliphatic heterocycles. The minimum atomic E-state index is -1.83. The number of carboxylic acid groups (broad SMARTS) is 1. The van der Waals surface area contributed by atoms with Crippen molar-refractivity contribution in [2.24, 2.45) is 34.8 Å². The van der Waals surface area contributed by atoms with E-state index in [2.05, 4.69) is 74.4 Å². The van der Waals surface area contributed by atoms with E-state index in [1.54, 1.807) is 64.3 Å². The number of carbonyl (C=O) groups is 19. The molecule has 18 amide bonds. The zero-order valence-corrected chi connectivity index (χ0v) is 83.2. The highest BCUT2D eigenvalue weighted by Gasteiger charge is 2.47. The Morgan fingerprint density at radius 3 is 1.70 bits per heavy atom. The van der Waals surface area contributed by atoms with Crippen LogP contribution >= 0.6 is 33.3 Å². The Kier molecular flexibility index (Phi) is 50.8. The van der Waals surface area contributed by atoms with Crippen LogP contribution in [0, 0.1) is 17.2 Å². The van der Waals surface area contributed by atoms with Crippen LogP contribution in [0.25, 0.3) is 0 Å². The number of nitrogens with zero attached hydrogens (tertiary/aromatic N) is 4. The van der Waals surface area contributed by atoms with E-state index in [1.807, 2.05) is 6.92 Å². The molecule has 1 aromatic carbocycles. The highest BCUT2D eigenvalue weighted by molar-refractivity contribution is 8.76. The Hall–Kier alpha value is -10.7. The van der Waals surface area contributed by atoms with E-state index in [0.29, 0.717) is 56.9 Å². The number of aliphatic hydroxyl groups is 1. The molecule has 5 saturated heterocycles. The first kappa shape index (κ1) is 116. The predicted molar refractivity (Wildman–Crippen MR) is 519 cm³/mol. The number of rotatable bonds is 42. The molecule has 0 radical (unpaired) electrons. The van der Waals surface area contributed by atoms with E-state index in [0.717, 1.165) is 34.4 Å². The lowest BCUT2D eigenvalue weighted by Crippen LogP contribution is -2.61. The van der Waals surface area contributed by atoms with Crippen molar-refractivity contribution in [1.82, 2.24) is 94.0 Å². The Morgan fingerprint density at radius 2 is 1.09 bits per heavy atom. The van der Waals surface area contributed by atoms with Gasteiger partial charge in [-0.3, -0.25) is 96.5 Å². The van der Waals surface area contributed by atoms with Gasteiger partial charge in [0.05, 0.1) is 6.61 Å². The summed E-state index contributed by atoms with van der Waals surface area (Å²) in [5.74, 6) is -17.4. The monoisotopic (exact) mass is 2000 g/mol. The van der Waals surface area contributed by atoms with Gasteiger partial charge >= 0.3 is 5.97 Å². The Balaban J connectivity index is 1.49. The molecule has 6 rings (SSSR count). The topological polar surface area (TPSA) is 674 Å². The van der Waals surface area contributed by atoms with Crippen LogP contribution in [0.5, 0.6) is 0 Å². The maximum absolute atomic E-state index is 15.6. The summed E-state index contributed by atoms with van der Waals surface area (Å²) in [5, 5.41) is 66.2. The van der Waals surface area contributed by atoms with Crippen molar-refractivity contribution in [1.29, 1.82) is 5.41 Å². The van der Waals surface area contributed by atoms with Crippen LogP contribution < -0.4 is 97.4 Å². The van der Waals surface area contributed by atoms with Crippen LogP contribution in [0.2, 0.25) is 0 Å². The minimum absolute atomic E-state index is 0.000487. The molecule has 47 heteroatoms. The van der Waals surface area contributed by atoms with Gasteiger partial charge in [-0.2, -0.15) is 11.8 Å². The Bertz CT molecular complexity index is 4300. The molecule has 0 aromatic heterocycles. The third-order valence-electron chi connectivity index (χ3n) is 24.8. The molecule has 17 atom stereocenters. The van der Waals surface area contributed by atoms with Gasteiger partial charge in [0, 0.05) is 64.0 Å². The SMILES string of the molecule is CCCCCC[C@@H]1NC(=O)[C@H](CCCCN)NC(=O)[C@H](CCCNC(=N)N)NC(=O)[C@H](CC(C)C)NC(=O)C(NC(=O)[C@H](CCSC)NC(=O)[C@@H]2CCCN2C(=O)[C@@H](NC(C)=O)C(C)C)CCSSC[C@@H](C(=O)NC(CCCCN)C(=O)N2CCC[C@H]2C(=O)N2CCC[C@H]2C(=O)N[C@@H](CCC(=O)O)C(N)=O)NC(=O)[C@H](Cc2ccccc2)NC(=O)[C@H](CO)NC(=O)C(C)NC(=O)[C@@H]2CCCN2C1=O. The number of guanidine groups is 1. The normalized spacial score (nSPS) is 24.3. The molecule has 25 N–H and O–H groups in total. The highest BCUT2D eigenvalue weighted by atomic mass is 33.1. The Labute approximate surface area is 819 Å². The molecular weight excluding hydrogens is 1850 g/mol. The second-order valence-corrected chi connectivity index (χ2v) is 40.1. The summed E-state index contributed by atoms with van der Waals surface area (Å²) in [6.07, 6.45) is 5.89. The van der Waals surface area contributed by atoms with E-state index in [4.69, 9.17) is 28.3 Å². The number of carboxylic acids is 1. The first-order valence-corrected chi connectivity index (χ1v) is 52.2. The van der Waals surface area contributed by atoms with Crippen molar-refractivity contribution in [3.05, 3.63) is 35.9 Å². The van der Waals surface area contributed by atoms with Crippen molar-refractivity contribution in [2.45, 2.75) is 325 Å². The fraction of sp³-hybridized carbons (Fsp3) is 0.714. The maximum Gasteiger partial charge on any atom is 0.303 e. The van der Waals surface area contributed by atoms with E-state index in [9.17, 15) is 58.2 Å². The second-order valence-electron chi connectivity index (χ2n) is 36.5. The van der Waals surface area contributed by atoms with Crippen LogP contribution in [-0.4, -0.2) is 327 Å². The summed E-state index contributed by atoms with van der Waals surface area (Å²) >= 11 is 1.33. The molecule has 0 saturated carbocycles. The Morgan fingerprint density at radius 1 is 0.551 bits per heavy atom. The van der Waals surface area contributed by atoms with Crippen molar-refractivity contribution in [3.63, 3.8) is 0 Å². The number of nitrogens with one attached hydrogen (secondary N) is 15. The third-order valence-corrected chi connectivity index (χ3v) is 27.9. The highest BCUT2D eigenvalue weighted by Crippen LogP contribution is 2.30. The third kappa shape index (κ3) is 37.5. The number of likely N-dealkylation sites (tertiary alicyclic amines) is 3. The van der Waals surface area contributed by atoms with E-state index < -0.39 is 240 Å². The van der Waals surface area contributed by atoms with E-state index in [1.165, 1.54) is 45.2 Å². The molecule has 772 valence electrons. The first-order chi connectivity index (χ1) is 65.8. The van der Waals surface area contributed by atoms with Crippen LogP contribution in [0.15, 0.2) is 30.3 Å². The smallest absolute Gasteiger partial charge is 0.303 e. The van der Waals surface area contributed by atoms with Gasteiger partial charge in [0.25, 0.3) is 0 Å². The van der Waals surface area contributed by atoms with Gasteiger partial charge in [0.1, 0.15) is 103 Å². The molecule has 5 aliphatic rings. The second kappa shape index (κ2) is 60.4. The lowest BCUT2D eigenvalue weighted by Gasteiger charge is -2.33. The standard InChI is InChI=1S/C91H149N23O21S3/c1-9-10-11-15-28-62-87(132)111-42-21-31-68(111)84(129)98-54(6)75(120)109-66(50-115)82(127)108-65(49-56-25-13-12-14-26-56)81(126)110-67(83(128)106-63(29-17-19-40-93)88(133)114-45-24-34-71(114)89(134)112-43-22-32-69(112)85(130)100-57(74(94)119)35-36-72(117)118)51-138-137-47-38-61(103-78(123)60(37-46-136-8)104-86(131)70-33-23-44-113(70)90(135)73(53(4)5)99-55(7)116)79(124)107-64(48-52(2)3)80(125)102-59(30-20-41-97-91(95)96)76(121)101-58(77(122)105-62)27-16-18-39-92/h12-14,25-26,52-54,57-71,73,115H,9-11,15-24,27-51,92-93H2,1-8H3,(H2,94,119)(H,98,129)(H,99,116)(H,100,130)(H,101,121)(H,102,125)(H,103,123)(H,104,131)(H,105,122)(H,106,128)(H,107,124)(H,108,127)(H,109,120)(H,110,126)(H,117,118)(H4,95,96,97)/t54?,57-,58-,59-,60-,61?,62-,63?,64-,65-,66-,67-,68-,69-,70-,71-,73-/m0/s1. The van der Waals surface area contributed by atoms with Crippen LogP contribution in [0.1, 0.15) is 221 Å². The number of unbranched alkanes of at least 4 members (excludes halogenated alkanes) is 5.